The van der Waals surface area contributed by atoms with Crippen molar-refractivity contribution in [2.45, 2.75) is 6.54 Å². The number of carbonyl (C=O) groups is 1. The van der Waals surface area contributed by atoms with Crippen LogP contribution in [0.3, 0.4) is 0 Å². The lowest BCUT2D eigenvalue weighted by atomic mass is 10.2. The fourth-order valence-corrected chi connectivity index (χ4v) is 1.68. The van der Waals surface area contributed by atoms with E-state index in [9.17, 15) is 4.79 Å². The average molecular weight is 321 g/mol. The summed E-state index contributed by atoms with van der Waals surface area (Å²) in [6, 6.07) is 11.1. The molecule has 0 unspecified atom stereocenters. The van der Waals surface area contributed by atoms with Crippen LogP contribution in [0.5, 0.6) is 0 Å². The normalized spacial score (nSPS) is 10.6. The molecule has 0 bridgehead atoms. The molecule has 0 atom stereocenters. The summed E-state index contributed by atoms with van der Waals surface area (Å²) in [7, 11) is 0. The lowest BCUT2D eigenvalue weighted by Crippen LogP contribution is -2.31. The van der Waals surface area contributed by atoms with Crippen LogP contribution in [0.25, 0.3) is 6.08 Å². The first-order valence-corrected chi connectivity index (χ1v) is 6.52. The van der Waals surface area contributed by atoms with Crippen LogP contribution in [0.15, 0.2) is 57.8 Å². The summed E-state index contributed by atoms with van der Waals surface area (Å²) in [5.74, 6) is 0.715. The molecular formula is C14H13BrN2O2. The van der Waals surface area contributed by atoms with Gasteiger partial charge in [0.05, 0.1) is 12.8 Å². The van der Waals surface area contributed by atoms with Gasteiger partial charge in [-0.3, -0.25) is 0 Å². The van der Waals surface area contributed by atoms with Crippen LogP contribution >= 0.6 is 15.9 Å². The number of urea groups is 1. The van der Waals surface area contributed by atoms with Gasteiger partial charge >= 0.3 is 6.03 Å². The van der Waals surface area contributed by atoms with Gasteiger partial charge in [0.1, 0.15) is 5.76 Å². The Balaban J connectivity index is 1.75. The number of benzene rings is 1. The van der Waals surface area contributed by atoms with Gasteiger partial charge in [-0.25, -0.2) is 4.79 Å². The van der Waals surface area contributed by atoms with Crippen molar-refractivity contribution in [1.29, 1.82) is 0 Å². The van der Waals surface area contributed by atoms with Gasteiger partial charge in [0.25, 0.3) is 0 Å². The summed E-state index contributed by atoms with van der Waals surface area (Å²) in [5, 5.41) is 5.30. The Morgan fingerprint density at radius 1 is 1.26 bits per heavy atom. The minimum atomic E-state index is -0.273. The third kappa shape index (κ3) is 4.63. The van der Waals surface area contributed by atoms with Gasteiger partial charge in [-0.05, 0) is 35.9 Å². The van der Waals surface area contributed by atoms with Crippen molar-refractivity contribution in [2.24, 2.45) is 0 Å². The molecule has 0 radical (unpaired) electrons. The van der Waals surface area contributed by atoms with Crippen molar-refractivity contribution in [3.63, 3.8) is 0 Å². The number of nitrogens with one attached hydrogen (secondary N) is 2. The van der Waals surface area contributed by atoms with Crippen LogP contribution < -0.4 is 10.6 Å². The van der Waals surface area contributed by atoms with Crippen LogP contribution in [-0.2, 0) is 6.54 Å². The largest absolute Gasteiger partial charge is 0.467 e. The summed E-state index contributed by atoms with van der Waals surface area (Å²) in [6.07, 6.45) is 4.99. The van der Waals surface area contributed by atoms with E-state index in [0.29, 0.717) is 12.3 Å². The first kappa shape index (κ1) is 13.4. The Morgan fingerprint density at radius 3 is 2.74 bits per heavy atom. The van der Waals surface area contributed by atoms with E-state index < -0.39 is 0 Å². The number of hydrogen-bond acceptors (Lipinski definition) is 2. The van der Waals surface area contributed by atoms with E-state index in [2.05, 4.69) is 26.6 Å². The zero-order chi connectivity index (χ0) is 13.5. The van der Waals surface area contributed by atoms with Gasteiger partial charge in [-0.2, -0.15) is 0 Å². The average Bonchev–Trinajstić information content (AvgIpc) is 2.92. The molecule has 0 saturated heterocycles. The number of furan rings is 1. The third-order valence-corrected chi connectivity index (χ3v) is 2.89. The number of halogens is 1. The number of amides is 2. The van der Waals surface area contributed by atoms with E-state index in [4.69, 9.17) is 4.42 Å². The van der Waals surface area contributed by atoms with Gasteiger partial charge in [0.2, 0.25) is 0 Å². The number of carbonyl (C=O) groups excluding carboxylic acids is 1. The van der Waals surface area contributed by atoms with Crippen LogP contribution in [0.1, 0.15) is 11.3 Å². The fraction of sp³-hybridized carbons (Fsp3) is 0.0714. The molecule has 5 heteroatoms. The monoisotopic (exact) mass is 320 g/mol. The third-order valence-electron chi connectivity index (χ3n) is 2.36. The van der Waals surface area contributed by atoms with Crippen LogP contribution in [0.4, 0.5) is 4.79 Å². The summed E-state index contributed by atoms with van der Waals surface area (Å²) in [6.45, 7) is 0.366. The second kappa shape index (κ2) is 6.80. The fourth-order valence-electron chi connectivity index (χ4n) is 1.42. The van der Waals surface area contributed by atoms with Crippen molar-refractivity contribution in [1.82, 2.24) is 10.6 Å². The minimum Gasteiger partial charge on any atom is -0.467 e. The number of hydrogen-bond donors (Lipinski definition) is 2. The van der Waals surface area contributed by atoms with Gasteiger partial charge in [-0.1, -0.05) is 28.1 Å². The van der Waals surface area contributed by atoms with E-state index in [1.807, 2.05) is 30.3 Å². The van der Waals surface area contributed by atoms with Crippen molar-refractivity contribution in [3.8, 4) is 0 Å². The lowest BCUT2D eigenvalue weighted by molar-refractivity contribution is 0.243. The van der Waals surface area contributed by atoms with E-state index in [-0.39, 0.29) is 6.03 Å². The molecule has 0 spiro atoms. The molecule has 1 aromatic carbocycles. The minimum absolute atomic E-state index is 0.273. The van der Waals surface area contributed by atoms with Crippen molar-refractivity contribution in [2.75, 3.05) is 0 Å². The maximum absolute atomic E-state index is 11.5. The molecule has 0 saturated carbocycles. The summed E-state index contributed by atoms with van der Waals surface area (Å²) in [4.78, 5) is 11.5. The van der Waals surface area contributed by atoms with Gasteiger partial charge in [0, 0.05) is 10.7 Å². The van der Waals surface area contributed by atoms with Gasteiger partial charge in [-0.15, -0.1) is 0 Å². The Kier molecular flexibility index (Phi) is 4.80. The Bertz CT molecular complexity index is 547. The van der Waals surface area contributed by atoms with Crippen LogP contribution in [0.2, 0.25) is 0 Å². The molecule has 0 aliphatic heterocycles. The molecule has 19 heavy (non-hydrogen) atoms. The molecular weight excluding hydrogens is 308 g/mol. The van der Waals surface area contributed by atoms with E-state index in [0.717, 1.165) is 10.0 Å². The highest BCUT2D eigenvalue weighted by Gasteiger charge is 1.99. The van der Waals surface area contributed by atoms with Gasteiger partial charge in [0.15, 0.2) is 0 Å². The molecule has 0 aliphatic carbocycles. The zero-order valence-electron chi connectivity index (χ0n) is 10.1. The molecule has 0 aliphatic rings. The summed E-state index contributed by atoms with van der Waals surface area (Å²) >= 11 is 3.36. The van der Waals surface area contributed by atoms with E-state index in [1.165, 1.54) is 0 Å². The van der Waals surface area contributed by atoms with E-state index >= 15 is 0 Å². The quantitative estimate of drug-likeness (QED) is 0.905. The Labute approximate surface area is 119 Å². The van der Waals surface area contributed by atoms with Crippen molar-refractivity contribution in [3.05, 3.63) is 64.7 Å². The predicted octanol–water partition coefficient (Wildman–Crippen LogP) is 3.51. The lowest BCUT2D eigenvalue weighted by Gasteiger charge is -2.02. The second-order valence-corrected chi connectivity index (χ2v) is 4.71. The van der Waals surface area contributed by atoms with Crippen LogP contribution in [-0.4, -0.2) is 6.03 Å². The molecule has 98 valence electrons. The second-order valence-electron chi connectivity index (χ2n) is 3.79. The molecule has 2 aromatic rings. The molecule has 2 amide bonds. The smallest absolute Gasteiger partial charge is 0.319 e. The summed E-state index contributed by atoms with van der Waals surface area (Å²) < 4.78 is 6.13. The maximum Gasteiger partial charge on any atom is 0.319 e. The zero-order valence-corrected chi connectivity index (χ0v) is 11.7. The molecule has 2 rings (SSSR count). The first-order chi connectivity index (χ1) is 9.24. The van der Waals surface area contributed by atoms with Crippen molar-refractivity contribution < 1.29 is 9.21 Å². The SMILES string of the molecule is O=C(N/C=C/c1ccc(Br)cc1)NCc1ccco1. The van der Waals surface area contributed by atoms with Crippen LogP contribution in [0, 0.1) is 0 Å². The predicted molar refractivity (Wildman–Crippen MR) is 77.3 cm³/mol. The highest BCUT2D eigenvalue weighted by molar-refractivity contribution is 9.10. The highest BCUT2D eigenvalue weighted by Crippen LogP contribution is 2.11. The van der Waals surface area contributed by atoms with E-state index in [1.54, 1.807) is 24.6 Å². The van der Waals surface area contributed by atoms with Gasteiger partial charge < -0.3 is 15.1 Å². The topological polar surface area (TPSA) is 54.3 Å². The molecule has 0 fully saturated rings. The Hall–Kier alpha value is -2.01. The molecule has 2 N–H and O–H groups in total. The molecule has 1 heterocycles. The maximum atomic E-state index is 11.5. The number of rotatable bonds is 4. The first-order valence-electron chi connectivity index (χ1n) is 5.73. The summed E-state index contributed by atoms with van der Waals surface area (Å²) in [5.41, 5.74) is 1.01. The molecule has 1 aromatic heterocycles. The standard InChI is InChI=1S/C14H13BrN2O2/c15-12-5-3-11(4-6-12)7-8-16-14(18)17-10-13-2-1-9-19-13/h1-9H,10H2,(H2,16,17,18)/b8-7+. The Morgan fingerprint density at radius 2 is 2.05 bits per heavy atom. The highest BCUT2D eigenvalue weighted by atomic mass is 79.9. The van der Waals surface area contributed by atoms with Crippen molar-refractivity contribution >= 4 is 28.0 Å². The molecule has 4 nitrogen and oxygen atoms in total.